The number of pyridine rings is 1. The van der Waals surface area contributed by atoms with Gasteiger partial charge in [-0.2, -0.15) is 0 Å². The van der Waals surface area contributed by atoms with Crippen LogP contribution in [0, 0.1) is 0 Å². The van der Waals surface area contributed by atoms with Crippen LogP contribution in [0.2, 0.25) is 0 Å². The quantitative estimate of drug-likeness (QED) is 0.541. The molecule has 4 aromatic rings. The molecule has 1 saturated heterocycles. The second-order valence-corrected chi connectivity index (χ2v) is 8.17. The van der Waals surface area contributed by atoms with Crippen molar-refractivity contribution >= 4 is 28.8 Å². The Bertz CT molecular complexity index is 1190. The van der Waals surface area contributed by atoms with Crippen LogP contribution in [0.3, 0.4) is 0 Å². The van der Waals surface area contributed by atoms with Crippen LogP contribution in [0.1, 0.15) is 37.2 Å². The summed E-state index contributed by atoms with van der Waals surface area (Å²) in [6.07, 6.45) is 7.21. The van der Waals surface area contributed by atoms with E-state index in [9.17, 15) is 9.59 Å². The highest BCUT2D eigenvalue weighted by molar-refractivity contribution is 7.11. The van der Waals surface area contributed by atoms with Gasteiger partial charge in [0.15, 0.2) is 5.01 Å². The third kappa shape index (κ3) is 3.57. The van der Waals surface area contributed by atoms with Crippen molar-refractivity contribution in [3.05, 3.63) is 88.3 Å². The number of likely N-dealkylation sites (tertiary alicyclic amines) is 1. The number of amides is 2. The molecule has 4 heterocycles. The first-order valence-electron chi connectivity index (χ1n) is 9.66. The van der Waals surface area contributed by atoms with Gasteiger partial charge in [0, 0.05) is 61.3 Å². The molecule has 3 aromatic heterocycles. The molecular weight excluding hydrogens is 398 g/mol. The van der Waals surface area contributed by atoms with E-state index >= 15 is 0 Å². The molecule has 1 N–H and O–H groups in total. The highest BCUT2D eigenvalue weighted by atomic mass is 32.1. The molecule has 1 fully saturated rings. The molecule has 1 aliphatic rings. The Morgan fingerprint density at radius 2 is 1.90 bits per heavy atom. The number of nitrogens with one attached hydrogen (secondary N) is 1. The average Bonchev–Trinajstić information content (AvgIpc) is 3.43. The minimum Gasteiger partial charge on any atom is -0.348 e. The molecule has 0 unspecified atom stereocenters. The van der Waals surface area contributed by atoms with E-state index in [1.165, 1.54) is 11.3 Å². The number of fused-ring (bicyclic) bond motifs is 1. The maximum absolute atomic E-state index is 12.5. The van der Waals surface area contributed by atoms with E-state index in [4.69, 9.17) is 0 Å². The van der Waals surface area contributed by atoms with Gasteiger partial charge in [0.2, 0.25) is 0 Å². The topological polar surface area (TPSA) is 79.6 Å². The molecule has 30 heavy (non-hydrogen) atoms. The summed E-state index contributed by atoms with van der Waals surface area (Å²) in [7, 11) is 0. The zero-order chi connectivity index (χ0) is 20.5. The number of thiazole rings is 1. The molecule has 0 bridgehead atoms. The number of hydrogen-bond acceptors (Lipinski definition) is 5. The summed E-state index contributed by atoms with van der Waals surface area (Å²) in [4.78, 5) is 34.9. The first-order valence-corrected chi connectivity index (χ1v) is 10.5. The van der Waals surface area contributed by atoms with Crippen molar-refractivity contribution in [1.82, 2.24) is 24.6 Å². The largest absolute Gasteiger partial charge is 0.348 e. The van der Waals surface area contributed by atoms with Gasteiger partial charge < -0.3 is 14.6 Å². The fraction of sp³-hybridized carbons (Fsp3) is 0.182. The average molecular weight is 417 g/mol. The summed E-state index contributed by atoms with van der Waals surface area (Å²) in [6, 6.07) is 11.6. The van der Waals surface area contributed by atoms with Gasteiger partial charge in [-0.25, -0.2) is 9.97 Å². The summed E-state index contributed by atoms with van der Waals surface area (Å²) in [6.45, 7) is 1.81. The van der Waals surface area contributed by atoms with Crippen molar-refractivity contribution in [2.24, 2.45) is 0 Å². The summed E-state index contributed by atoms with van der Waals surface area (Å²) >= 11 is 1.36. The molecule has 150 valence electrons. The third-order valence-electron chi connectivity index (χ3n) is 5.34. The van der Waals surface area contributed by atoms with E-state index in [1.807, 2.05) is 58.6 Å². The molecule has 0 atom stereocenters. The molecule has 2 amide bonds. The zero-order valence-corrected chi connectivity index (χ0v) is 16.9. The molecular formula is C22H19N5O2S. The van der Waals surface area contributed by atoms with Gasteiger partial charge in [0.1, 0.15) is 5.65 Å². The Morgan fingerprint density at radius 1 is 1.07 bits per heavy atom. The number of carbonyl (C=O) groups is 2. The van der Waals surface area contributed by atoms with Crippen molar-refractivity contribution in [2.45, 2.75) is 12.5 Å². The standard InChI is InChI=1S/C22H19N5O2S/c28-20(25-12-15-5-8-26-9-6-23-19(26)11-15)17-3-1-16(2-4-17)18-13-27(14-18)22(29)21-24-7-10-30-21/h1-11,18H,12-14H2,(H,25,28). The molecule has 0 aliphatic carbocycles. The van der Waals surface area contributed by atoms with Crippen molar-refractivity contribution in [2.75, 3.05) is 13.1 Å². The fourth-order valence-corrected chi connectivity index (χ4v) is 4.18. The van der Waals surface area contributed by atoms with E-state index in [0.717, 1.165) is 16.8 Å². The number of rotatable bonds is 5. The first kappa shape index (κ1) is 18.5. The van der Waals surface area contributed by atoms with Gasteiger partial charge in [-0.15, -0.1) is 11.3 Å². The van der Waals surface area contributed by atoms with Gasteiger partial charge in [0.25, 0.3) is 11.8 Å². The summed E-state index contributed by atoms with van der Waals surface area (Å²) in [5.41, 5.74) is 3.61. The lowest BCUT2D eigenvalue weighted by molar-refractivity contribution is 0.0602. The van der Waals surface area contributed by atoms with E-state index in [-0.39, 0.29) is 11.8 Å². The normalized spacial score (nSPS) is 13.9. The molecule has 1 aromatic carbocycles. The van der Waals surface area contributed by atoms with E-state index in [2.05, 4.69) is 15.3 Å². The maximum atomic E-state index is 12.5. The van der Waals surface area contributed by atoms with Crippen LogP contribution >= 0.6 is 11.3 Å². The fourth-order valence-electron chi connectivity index (χ4n) is 3.57. The second kappa shape index (κ2) is 7.72. The lowest BCUT2D eigenvalue weighted by Crippen LogP contribution is -2.48. The molecule has 8 heteroatoms. The number of benzene rings is 1. The van der Waals surface area contributed by atoms with E-state index in [0.29, 0.717) is 36.1 Å². The van der Waals surface area contributed by atoms with Gasteiger partial charge in [0.05, 0.1) is 0 Å². The minimum atomic E-state index is -0.112. The predicted octanol–water partition coefficient (Wildman–Crippen LogP) is 2.96. The molecule has 7 nitrogen and oxygen atoms in total. The smallest absolute Gasteiger partial charge is 0.282 e. The second-order valence-electron chi connectivity index (χ2n) is 7.28. The van der Waals surface area contributed by atoms with E-state index in [1.54, 1.807) is 17.3 Å². The van der Waals surface area contributed by atoms with Crippen LogP contribution < -0.4 is 5.32 Å². The predicted molar refractivity (Wildman–Crippen MR) is 114 cm³/mol. The van der Waals surface area contributed by atoms with Gasteiger partial charge in [-0.05, 0) is 35.4 Å². The Hall–Kier alpha value is -3.52. The summed E-state index contributed by atoms with van der Waals surface area (Å²) in [5, 5.41) is 5.30. The first-order chi connectivity index (χ1) is 14.7. The summed E-state index contributed by atoms with van der Waals surface area (Å²) < 4.78 is 1.93. The molecule has 0 spiro atoms. The van der Waals surface area contributed by atoms with Crippen molar-refractivity contribution in [3.63, 3.8) is 0 Å². The van der Waals surface area contributed by atoms with Crippen molar-refractivity contribution < 1.29 is 9.59 Å². The summed E-state index contributed by atoms with van der Waals surface area (Å²) in [5.74, 6) is 0.178. The van der Waals surface area contributed by atoms with Crippen LogP contribution in [0.5, 0.6) is 0 Å². The SMILES string of the molecule is O=C(NCc1ccn2ccnc2c1)c1ccc(C2CN(C(=O)c3nccs3)C2)cc1. The highest BCUT2D eigenvalue weighted by Crippen LogP contribution is 2.28. The van der Waals surface area contributed by atoms with Crippen LogP contribution in [0.15, 0.2) is 66.6 Å². The molecule has 1 aliphatic heterocycles. The van der Waals surface area contributed by atoms with E-state index < -0.39 is 0 Å². The molecule has 0 radical (unpaired) electrons. The lowest BCUT2D eigenvalue weighted by Gasteiger charge is -2.39. The van der Waals surface area contributed by atoms with Crippen LogP contribution in [0.4, 0.5) is 0 Å². The Morgan fingerprint density at radius 3 is 2.67 bits per heavy atom. The lowest BCUT2D eigenvalue weighted by atomic mass is 9.91. The van der Waals surface area contributed by atoms with Crippen molar-refractivity contribution in [1.29, 1.82) is 0 Å². The number of nitrogens with zero attached hydrogens (tertiary/aromatic N) is 4. The Balaban J connectivity index is 1.16. The minimum absolute atomic E-state index is 0.00853. The van der Waals surface area contributed by atoms with Crippen LogP contribution in [-0.4, -0.2) is 44.2 Å². The zero-order valence-electron chi connectivity index (χ0n) is 16.1. The monoisotopic (exact) mass is 417 g/mol. The number of hydrogen-bond donors (Lipinski definition) is 1. The van der Waals surface area contributed by atoms with Gasteiger partial charge >= 0.3 is 0 Å². The van der Waals surface area contributed by atoms with Crippen molar-refractivity contribution in [3.8, 4) is 0 Å². The van der Waals surface area contributed by atoms with Crippen LogP contribution in [-0.2, 0) is 6.54 Å². The number of imidazole rings is 1. The Kier molecular flexibility index (Phi) is 4.76. The number of aromatic nitrogens is 3. The molecule has 0 saturated carbocycles. The third-order valence-corrected chi connectivity index (χ3v) is 6.10. The molecule has 5 rings (SSSR count). The van der Waals surface area contributed by atoms with Gasteiger partial charge in [-0.3, -0.25) is 9.59 Å². The van der Waals surface area contributed by atoms with Crippen LogP contribution in [0.25, 0.3) is 5.65 Å². The number of carbonyl (C=O) groups excluding carboxylic acids is 2. The maximum Gasteiger partial charge on any atom is 0.282 e. The van der Waals surface area contributed by atoms with Gasteiger partial charge in [-0.1, -0.05) is 12.1 Å². The highest BCUT2D eigenvalue weighted by Gasteiger charge is 2.33. The Labute approximate surface area is 177 Å².